The van der Waals surface area contributed by atoms with E-state index >= 15 is 0 Å². The van der Waals surface area contributed by atoms with Gasteiger partial charge in [0.25, 0.3) is 5.91 Å². The number of hydrogen-bond donors (Lipinski definition) is 1. The van der Waals surface area contributed by atoms with E-state index in [4.69, 9.17) is 4.74 Å². The Morgan fingerprint density at radius 1 is 1.14 bits per heavy atom. The second-order valence-corrected chi connectivity index (χ2v) is 10.0. The Balaban J connectivity index is 1.58. The van der Waals surface area contributed by atoms with E-state index in [1.165, 1.54) is 28.7 Å². The summed E-state index contributed by atoms with van der Waals surface area (Å²) in [5.74, 6) is 0.298. The number of amides is 1. The molecule has 0 radical (unpaired) electrons. The Kier molecular flexibility index (Phi) is 5.07. The van der Waals surface area contributed by atoms with Gasteiger partial charge in [0.05, 0.1) is 27.8 Å². The van der Waals surface area contributed by atoms with Gasteiger partial charge in [0.15, 0.2) is 15.0 Å². The standard InChI is InChI=1S/C19H15N3O4S3/c1-26-15-6-4-3-5-12(15)18-20-14(10-27-18)17(23)22-19-21-13-8-7-11(29(2,24)25)9-16(13)28-19/h3-10H,1-2H3,(H,21,22,23). The van der Waals surface area contributed by atoms with E-state index in [-0.39, 0.29) is 16.5 Å². The van der Waals surface area contributed by atoms with Gasteiger partial charge in [-0.1, -0.05) is 23.5 Å². The Bertz CT molecular complexity index is 1330. The number of para-hydroxylation sites is 1. The first-order valence-electron chi connectivity index (χ1n) is 8.36. The lowest BCUT2D eigenvalue weighted by Gasteiger charge is -2.04. The van der Waals surface area contributed by atoms with Crippen LogP contribution in [0.15, 0.2) is 52.7 Å². The molecule has 7 nitrogen and oxygen atoms in total. The molecule has 2 aromatic carbocycles. The van der Waals surface area contributed by atoms with Crippen molar-refractivity contribution in [2.24, 2.45) is 0 Å². The van der Waals surface area contributed by atoms with Crippen molar-refractivity contribution in [3.63, 3.8) is 0 Å². The number of carbonyl (C=O) groups excluding carboxylic acids is 1. The Morgan fingerprint density at radius 3 is 2.69 bits per heavy atom. The molecule has 1 N–H and O–H groups in total. The molecular weight excluding hydrogens is 430 g/mol. The maximum atomic E-state index is 12.6. The Morgan fingerprint density at radius 2 is 1.93 bits per heavy atom. The molecule has 0 atom stereocenters. The molecule has 29 heavy (non-hydrogen) atoms. The number of methoxy groups -OCH3 is 1. The second-order valence-electron chi connectivity index (χ2n) is 6.11. The van der Waals surface area contributed by atoms with E-state index in [0.29, 0.717) is 26.1 Å². The minimum atomic E-state index is -3.31. The molecule has 2 heterocycles. The molecule has 0 saturated carbocycles. The summed E-state index contributed by atoms with van der Waals surface area (Å²) in [6, 6.07) is 12.1. The van der Waals surface area contributed by atoms with Crippen LogP contribution in [-0.2, 0) is 9.84 Å². The van der Waals surface area contributed by atoms with Crippen LogP contribution in [0.2, 0.25) is 0 Å². The van der Waals surface area contributed by atoms with Gasteiger partial charge < -0.3 is 4.74 Å². The molecule has 0 saturated heterocycles. The second kappa shape index (κ2) is 7.54. The van der Waals surface area contributed by atoms with Crippen LogP contribution < -0.4 is 10.1 Å². The van der Waals surface area contributed by atoms with Gasteiger partial charge in [-0.05, 0) is 30.3 Å². The lowest BCUT2D eigenvalue weighted by atomic mass is 10.2. The van der Waals surface area contributed by atoms with Crippen LogP contribution in [0.4, 0.5) is 5.13 Å². The monoisotopic (exact) mass is 445 g/mol. The van der Waals surface area contributed by atoms with Crippen molar-refractivity contribution in [2.45, 2.75) is 4.90 Å². The highest BCUT2D eigenvalue weighted by molar-refractivity contribution is 7.90. The first kappa shape index (κ1) is 19.5. The summed E-state index contributed by atoms with van der Waals surface area (Å²) in [4.78, 5) is 21.6. The van der Waals surface area contributed by atoms with E-state index < -0.39 is 9.84 Å². The normalized spacial score (nSPS) is 11.5. The number of nitrogens with one attached hydrogen (secondary N) is 1. The van der Waals surface area contributed by atoms with Crippen molar-refractivity contribution >= 4 is 53.8 Å². The topological polar surface area (TPSA) is 98.2 Å². The predicted octanol–water partition coefficient (Wildman–Crippen LogP) is 4.08. The highest BCUT2D eigenvalue weighted by Crippen LogP contribution is 2.32. The van der Waals surface area contributed by atoms with E-state index in [9.17, 15) is 13.2 Å². The number of rotatable bonds is 5. The summed E-state index contributed by atoms with van der Waals surface area (Å²) in [6.45, 7) is 0. The van der Waals surface area contributed by atoms with Gasteiger partial charge >= 0.3 is 0 Å². The number of fused-ring (bicyclic) bond motifs is 1. The quantitative estimate of drug-likeness (QED) is 0.497. The van der Waals surface area contributed by atoms with Gasteiger partial charge in [-0.2, -0.15) is 0 Å². The van der Waals surface area contributed by atoms with Gasteiger partial charge in [-0.15, -0.1) is 11.3 Å². The SMILES string of the molecule is COc1ccccc1-c1nc(C(=O)Nc2nc3ccc(S(C)(=O)=O)cc3s2)cs1. The van der Waals surface area contributed by atoms with E-state index in [2.05, 4.69) is 15.3 Å². The van der Waals surface area contributed by atoms with Crippen LogP contribution in [0, 0.1) is 0 Å². The number of hydrogen-bond acceptors (Lipinski definition) is 8. The van der Waals surface area contributed by atoms with Gasteiger partial charge in [-0.25, -0.2) is 18.4 Å². The minimum absolute atomic E-state index is 0.215. The first-order chi connectivity index (χ1) is 13.8. The van der Waals surface area contributed by atoms with Gasteiger partial charge in [0, 0.05) is 11.6 Å². The average Bonchev–Trinajstić information content (AvgIpc) is 3.33. The summed E-state index contributed by atoms with van der Waals surface area (Å²) in [6.07, 6.45) is 1.15. The van der Waals surface area contributed by atoms with Crippen molar-refractivity contribution in [3.8, 4) is 16.3 Å². The number of carbonyl (C=O) groups is 1. The maximum Gasteiger partial charge on any atom is 0.276 e. The third-order valence-corrected chi connectivity index (χ3v) is 7.00. The number of anilines is 1. The van der Waals surface area contributed by atoms with E-state index in [1.54, 1.807) is 24.6 Å². The molecule has 0 bridgehead atoms. The molecule has 2 aromatic heterocycles. The highest BCUT2D eigenvalue weighted by Gasteiger charge is 2.17. The van der Waals surface area contributed by atoms with Crippen LogP contribution in [0.5, 0.6) is 5.75 Å². The molecule has 1 amide bonds. The molecule has 4 rings (SSSR count). The van der Waals surface area contributed by atoms with Crippen LogP contribution in [-0.4, -0.2) is 37.7 Å². The molecular formula is C19H15N3O4S3. The molecule has 0 aliphatic carbocycles. The largest absolute Gasteiger partial charge is 0.496 e. The molecule has 0 unspecified atom stereocenters. The van der Waals surface area contributed by atoms with Crippen LogP contribution >= 0.6 is 22.7 Å². The van der Waals surface area contributed by atoms with Crippen LogP contribution in [0.1, 0.15) is 10.5 Å². The summed E-state index contributed by atoms with van der Waals surface area (Å²) in [5, 5.41) is 5.46. The molecule has 148 valence electrons. The molecule has 0 aliphatic heterocycles. The fourth-order valence-electron chi connectivity index (χ4n) is 2.67. The average molecular weight is 446 g/mol. The number of sulfone groups is 1. The lowest BCUT2D eigenvalue weighted by molar-refractivity contribution is 0.102. The summed E-state index contributed by atoms with van der Waals surface area (Å²) < 4.78 is 29.4. The fraction of sp³-hybridized carbons (Fsp3) is 0.105. The summed E-state index contributed by atoms with van der Waals surface area (Å²) >= 11 is 2.55. The van der Waals surface area contributed by atoms with Crippen molar-refractivity contribution in [1.29, 1.82) is 0 Å². The van der Waals surface area contributed by atoms with Gasteiger partial charge in [0.1, 0.15) is 16.5 Å². The summed E-state index contributed by atoms with van der Waals surface area (Å²) in [5.41, 5.74) is 1.70. The fourth-order valence-corrected chi connectivity index (χ4v) is 5.12. The maximum absolute atomic E-state index is 12.6. The smallest absolute Gasteiger partial charge is 0.276 e. The van der Waals surface area contributed by atoms with Crippen molar-refractivity contribution < 1.29 is 17.9 Å². The molecule has 10 heteroatoms. The molecule has 0 spiro atoms. The third-order valence-electron chi connectivity index (χ3n) is 4.08. The van der Waals surface area contributed by atoms with Crippen LogP contribution in [0.25, 0.3) is 20.8 Å². The zero-order chi connectivity index (χ0) is 20.6. The van der Waals surface area contributed by atoms with E-state index in [1.807, 2.05) is 24.3 Å². The third kappa shape index (κ3) is 4.00. The molecule has 4 aromatic rings. The van der Waals surface area contributed by atoms with Gasteiger partial charge in [0.2, 0.25) is 0 Å². The van der Waals surface area contributed by atoms with Crippen molar-refractivity contribution in [2.75, 3.05) is 18.7 Å². The minimum Gasteiger partial charge on any atom is -0.496 e. The number of nitrogens with zero attached hydrogens (tertiary/aromatic N) is 2. The van der Waals surface area contributed by atoms with E-state index in [0.717, 1.165) is 11.8 Å². The van der Waals surface area contributed by atoms with Crippen molar-refractivity contribution in [3.05, 3.63) is 53.5 Å². The zero-order valence-electron chi connectivity index (χ0n) is 15.4. The Hall–Kier alpha value is -2.82. The number of ether oxygens (including phenoxy) is 1. The molecule has 0 fully saturated rings. The van der Waals surface area contributed by atoms with Crippen LogP contribution in [0.3, 0.4) is 0 Å². The van der Waals surface area contributed by atoms with Gasteiger partial charge in [-0.3, -0.25) is 10.1 Å². The summed E-state index contributed by atoms with van der Waals surface area (Å²) in [7, 11) is -1.72. The first-order valence-corrected chi connectivity index (χ1v) is 11.9. The Labute approximate surface area is 174 Å². The number of benzene rings is 2. The zero-order valence-corrected chi connectivity index (χ0v) is 17.8. The van der Waals surface area contributed by atoms with Crippen molar-refractivity contribution in [1.82, 2.24) is 9.97 Å². The predicted molar refractivity (Wildman–Crippen MR) is 115 cm³/mol. The highest BCUT2D eigenvalue weighted by atomic mass is 32.2. The number of thiazole rings is 2. The lowest BCUT2D eigenvalue weighted by Crippen LogP contribution is -2.11. The number of aromatic nitrogens is 2. The molecule has 0 aliphatic rings.